The third-order valence-corrected chi connectivity index (χ3v) is 5.58. The van der Waals surface area contributed by atoms with Crippen molar-refractivity contribution >= 4 is 45.4 Å². The SMILES string of the molecule is S=C(Nc1cccc2ccccc12)N1CCN(Cc2cccc(Cl)c2)CC1. The van der Waals surface area contributed by atoms with Crippen molar-refractivity contribution in [3.05, 3.63) is 77.3 Å². The molecule has 3 aromatic rings. The average molecular weight is 396 g/mol. The molecule has 1 heterocycles. The van der Waals surface area contributed by atoms with Crippen molar-refractivity contribution in [2.75, 3.05) is 31.5 Å². The monoisotopic (exact) mass is 395 g/mol. The average Bonchev–Trinajstić information content (AvgIpc) is 2.69. The minimum atomic E-state index is 0.798. The first-order valence-corrected chi connectivity index (χ1v) is 9.98. The molecular weight excluding hydrogens is 374 g/mol. The van der Waals surface area contributed by atoms with Gasteiger partial charge in [0.15, 0.2) is 5.11 Å². The second kappa shape index (κ2) is 8.26. The van der Waals surface area contributed by atoms with Crippen LogP contribution >= 0.6 is 23.8 Å². The molecule has 1 aliphatic heterocycles. The molecule has 3 nitrogen and oxygen atoms in total. The highest BCUT2D eigenvalue weighted by Gasteiger charge is 2.19. The topological polar surface area (TPSA) is 18.5 Å². The Balaban J connectivity index is 1.36. The van der Waals surface area contributed by atoms with Crippen molar-refractivity contribution in [2.45, 2.75) is 6.54 Å². The molecule has 1 aliphatic rings. The zero-order valence-electron chi connectivity index (χ0n) is 15.1. The van der Waals surface area contributed by atoms with Crippen molar-refractivity contribution in [3.8, 4) is 0 Å². The van der Waals surface area contributed by atoms with Crippen LogP contribution in [0.4, 0.5) is 5.69 Å². The van der Waals surface area contributed by atoms with Crippen LogP contribution in [0.5, 0.6) is 0 Å². The molecule has 0 saturated carbocycles. The lowest BCUT2D eigenvalue weighted by Gasteiger charge is -2.36. The Bertz CT molecular complexity index is 946. The molecule has 0 atom stereocenters. The third-order valence-electron chi connectivity index (χ3n) is 4.99. The van der Waals surface area contributed by atoms with Crippen LogP contribution in [0.15, 0.2) is 66.7 Å². The van der Waals surface area contributed by atoms with Crippen LogP contribution in [-0.4, -0.2) is 41.1 Å². The van der Waals surface area contributed by atoms with Gasteiger partial charge < -0.3 is 10.2 Å². The maximum Gasteiger partial charge on any atom is 0.173 e. The molecule has 0 aromatic heterocycles. The Morgan fingerprint density at radius 3 is 2.48 bits per heavy atom. The minimum absolute atomic E-state index is 0.798. The van der Waals surface area contributed by atoms with Crippen LogP contribution in [0.1, 0.15) is 5.56 Å². The third kappa shape index (κ3) is 4.41. The summed E-state index contributed by atoms with van der Waals surface area (Å²) in [6.45, 7) is 4.76. The van der Waals surface area contributed by atoms with Crippen LogP contribution < -0.4 is 5.32 Å². The van der Waals surface area contributed by atoms with E-state index < -0.39 is 0 Å². The summed E-state index contributed by atoms with van der Waals surface area (Å²) in [5.74, 6) is 0. The molecule has 0 spiro atoms. The van der Waals surface area contributed by atoms with Gasteiger partial charge in [-0.05, 0) is 41.4 Å². The van der Waals surface area contributed by atoms with Crippen LogP contribution in [0, 0.1) is 0 Å². The molecule has 0 aliphatic carbocycles. The summed E-state index contributed by atoms with van der Waals surface area (Å²) in [6, 6.07) is 22.7. The molecule has 27 heavy (non-hydrogen) atoms. The smallest absolute Gasteiger partial charge is 0.173 e. The Hall–Kier alpha value is -2.14. The first kappa shape index (κ1) is 18.2. The van der Waals surface area contributed by atoms with Crippen LogP contribution in [0.3, 0.4) is 0 Å². The van der Waals surface area contributed by atoms with Gasteiger partial charge in [-0.25, -0.2) is 0 Å². The summed E-state index contributed by atoms with van der Waals surface area (Å²) in [4.78, 5) is 4.70. The Labute approximate surface area is 170 Å². The number of rotatable bonds is 3. The van der Waals surface area contributed by atoms with E-state index in [9.17, 15) is 0 Å². The van der Waals surface area contributed by atoms with Crippen molar-refractivity contribution in [1.82, 2.24) is 9.80 Å². The lowest BCUT2D eigenvalue weighted by Crippen LogP contribution is -2.49. The van der Waals surface area contributed by atoms with E-state index in [1.54, 1.807) is 0 Å². The van der Waals surface area contributed by atoms with E-state index in [4.69, 9.17) is 23.8 Å². The second-order valence-electron chi connectivity index (χ2n) is 6.85. The van der Waals surface area contributed by atoms with E-state index in [0.717, 1.165) is 48.5 Å². The molecule has 3 aromatic carbocycles. The van der Waals surface area contributed by atoms with Crippen LogP contribution in [-0.2, 0) is 6.54 Å². The summed E-state index contributed by atoms with van der Waals surface area (Å²) in [5, 5.41) is 7.46. The molecule has 1 saturated heterocycles. The van der Waals surface area contributed by atoms with Gasteiger partial charge in [0.05, 0.1) is 0 Å². The maximum absolute atomic E-state index is 6.09. The van der Waals surface area contributed by atoms with Crippen molar-refractivity contribution in [2.24, 2.45) is 0 Å². The van der Waals surface area contributed by atoms with Gasteiger partial charge in [-0.3, -0.25) is 4.90 Å². The first-order chi connectivity index (χ1) is 13.2. The van der Waals surface area contributed by atoms with Crippen molar-refractivity contribution in [3.63, 3.8) is 0 Å². The summed E-state index contributed by atoms with van der Waals surface area (Å²) in [5.41, 5.74) is 2.33. The Kier molecular flexibility index (Phi) is 5.58. The van der Waals surface area contributed by atoms with Crippen molar-refractivity contribution in [1.29, 1.82) is 0 Å². The summed E-state index contributed by atoms with van der Waals surface area (Å²) < 4.78 is 0. The number of halogens is 1. The van der Waals surface area contributed by atoms with Gasteiger partial charge in [-0.2, -0.15) is 0 Å². The van der Waals surface area contributed by atoms with E-state index in [-0.39, 0.29) is 0 Å². The van der Waals surface area contributed by atoms with Gasteiger partial charge in [0.1, 0.15) is 0 Å². The molecule has 0 amide bonds. The molecule has 0 unspecified atom stereocenters. The lowest BCUT2D eigenvalue weighted by atomic mass is 10.1. The molecular formula is C22H22ClN3S. The highest BCUT2D eigenvalue weighted by atomic mass is 35.5. The zero-order chi connectivity index (χ0) is 18.6. The van der Waals surface area contributed by atoms with E-state index >= 15 is 0 Å². The highest BCUT2D eigenvalue weighted by Crippen LogP contribution is 2.23. The lowest BCUT2D eigenvalue weighted by molar-refractivity contribution is 0.177. The van der Waals surface area contributed by atoms with Crippen molar-refractivity contribution < 1.29 is 0 Å². The standard InChI is InChI=1S/C22H22ClN3S/c23-19-8-3-5-17(15-19)16-25-11-13-26(14-12-25)22(27)24-21-10-4-7-18-6-1-2-9-20(18)21/h1-10,15H,11-14,16H2,(H,24,27). The summed E-state index contributed by atoms with van der Waals surface area (Å²) in [6.07, 6.45) is 0. The number of fused-ring (bicyclic) bond motifs is 1. The maximum atomic E-state index is 6.09. The van der Waals surface area contributed by atoms with Gasteiger partial charge in [-0.15, -0.1) is 0 Å². The fraction of sp³-hybridized carbons (Fsp3) is 0.227. The Morgan fingerprint density at radius 1 is 0.926 bits per heavy atom. The van der Waals surface area contributed by atoms with Gasteiger partial charge >= 0.3 is 0 Å². The fourth-order valence-electron chi connectivity index (χ4n) is 3.53. The number of nitrogens with zero attached hydrogens (tertiary/aromatic N) is 2. The quantitative estimate of drug-likeness (QED) is 0.628. The van der Waals surface area contributed by atoms with Crippen LogP contribution in [0.25, 0.3) is 10.8 Å². The van der Waals surface area contributed by atoms with Gasteiger partial charge in [-0.1, -0.05) is 60.1 Å². The molecule has 0 bridgehead atoms. The minimum Gasteiger partial charge on any atom is -0.346 e. The predicted molar refractivity (Wildman–Crippen MR) is 118 cm³/mol. The normalized spacial score (nSPS) is 15.1. The van der Waals surface area contributed by atoms with Crippen LogP contribution in [0.2, 0.25) is 5.02 Å². The number of nitrogens with one attached hydrogen (secondary N) is 1. The van der Waals surface area contributed by atoms with Gasteiger partial charge in [0, 0.05) is 48.8 Å². The molecule has 1 fully saturated rings. The highest BCUT2D eigenvalue weighted by molar-refractivity contribution is 7.80. The fourth-order valence-corrected chi connectivity index (χ4v) is 4.04. The second-order valence-corrected chi connectivity index (χ2v) is 7.67. The number of thiocarbonyl (C=S) groups is 1. The van der Waals surface area contributed by atoms with E-state index in [0.29, 0.717) is 0 Å². The summed E-state index contributed by atoms with van der Waals surface area (Å²) >= 11 is 11.8. The molecule has 1 N–H and O–H groups in total. The predicted octanol–water partition coefficient (Wildman–Crippen LogP) is 5.01. The number of benzene rings is 3. The summed E-state index contributed by atoms with van der Waals surface area (Å²) in [7, 11) is 0. The molecule has 5 heteroatoms. The molecule has 138 valence electrons. The van der Waals surface area contributed by atoms with E-state index in [1.807, 2.05) is 18.2 Å². The molecule has 0 radical (unpaired) electrons. The molecule has 4 rings (SSSR count). The number of hydrogen-bond acceptors (Lipinski definition) is 2. The first-order valence-electron chi connectivity index (χ1n) is 9.19. The van der Waals surface area contributed by atoms with Gasteiger partial charge in [0.2, 0.25) is 0 Å². The van der Waals surface area contributed by atoms with E-state index in [2.05, 4.69) is 63.6 Å². The number of piperazine rings is 1. The number of anilines is 1. The zero-order valence-corrected chi connectivity index (χ0v) is 16.6. The number of hydrogen-bond donors (Lipinski definition) is 1. The Morgan fingerprint density at radius 2 is 1.67 bits per heavy atom. The van der Waals surface area contributed by atoms with E-state index in [1.165, 1.54) is 16.3 Å². The van der Waals surface area contributed by atoms with Gasteiger partial charge in [0.25, 0.3) is 0 Å². The largest absolute Gasteiger partial charge is 0.346 e.